The molecule has 8 nitrogen and oxygen atoms in total. The van der Waals surface area contributed by atoms with Crippen LogP contribution in [0.4, 0.5) is 28.9 Å². The van der Waals surface area contributed by atoms with Gasteiger partial charge in [0.2, 0.25) is 5.82 Å². The van der Waals surface area contributed by atoms with Gasteiger partial charge in [0, 0.05) is 30.4 Å². The van der Waals surface area contributed by atoms with Crippen LogP contribution in [0.25, 0.3) is 6.08 Å². The van der Waals surface area contributed by atoms with Crippen molar-refractivity contribution in [3.63, 3.8) is 0 Å². The molecule has 2 N–H and O–H groups in total. The summed E-state index contributed by atoms with van der Waals surface area (Å²) in [5.41, 5.74) is 6.32. The molecule has 0 unspecified atom stereocenters. The number of anilines is 1. The Morgan fingerprint density at radius 3 is 2.28 bits per heavy atom. The lowest BCUT2D eigenvalue weighted by Gasteiger charge is -2.30. The first-order valence-corrected chi connectivity index (χ1v) is 13.0. The number of sulfonamides is 1. The molecule has 3 aromatic carbocycles. The van der Waals surface area contributed by atoms with Crippen LogP contribution in [0.3, 0.4) is 0 Å². The third kappa shape index (κ3) is 6.42. The maximum Gasteiger partial charge on any atom is 0.416 e. The molecule has 0 atom stereocenters. The second-order valence-corrected chi connectivity index (χ2v) is 10.3. The SMILES string of the molecule is NC(=NS(=O)(=O)c1ccc(F)c([N+](=O)[O-])c1)c1ccc(N2CCC(=Cc3ccccc3C(F)(F)F)CC2)cc1. The maximum atomic E-state index is 13.6. The number of nitro groups is 1. The topological polar surface area (TPSA) is 119 Å². The van der Waals surface area contributed by atoms with E-state index in [0.29, 0.717) is 38.1 Å². The van der Waals surface area contributed by atoms with Gasteiger partial charge in [-0.05, 0) is 60.9 Å². The highest BCUT2D eigenvalue weighted by Gasteiger charge is 2.32. The van der Waals surface area contributed by atoms with Crippen molar-refractivity contribution in [2.24, 2.45) is 10.1 Å². The number of nitrogens with two attached hydrogens (primary N) is 1. The Morgan fingerprint density at radius 2 is 1.67 bits per heavy atom. The molecule has 1 heterocycles. The van der Waals surface area contributed by atoms with E-state index < -0.39 is 43.1 Å². The Bertz CT molecular complexity index is 1560. The van der Waals surface area contributed by atoms with Crippen LogP contribution in [0.15, 0.2) is 81.6 Å². The van der Waals surface area contributed by atoms with E-state index in [0.717, 1.165) is 23.4 Å². The molecule has 13 heteroatoms. The summed E-state index contributed by atoms with van der Waals surface area (Å²) in [6.07, 6.45) is -1.70. The van der Waals surface area contributed by atoms with E-state index in [4.69, 9.17) is 5.73 Å². The van der Waals surface area contributed by atoms with E-state index in [2.05, 4.69) is 4.40 Å². The zero-order valence-corrected chi connectivity index (χ0v) is 21.0. The Balaban J connectivity index is 1.45. The standard InChI is InChI=1S/C26H22F4N4O4S/c27-23-10-9-21(16-24(23)34(35)36)39(37,38)32-25(31)18-5-7-20(8-6-18)33-13-11-17(12-14-33)15-19-3-1-2-4-22(19)26(28,29)30/h1-10,15-16H,11-14H2,(H2,31,32). The van der Waals surface area contributed by atoms with Gasteiger partial charge in [-0.3, -0.25) is 10.1 Å². The molecule has 39 heavy (non-hydrogen) atoms. The van der Waals surface area contributed by atoms with E-state index in [1.165, 1.54) is 12.1 Å². The quantitative estimate of drug-likeness (QED) is 0.139. The fourth-order valence-electron chi connectivity index (χ4n) is 4.17. The lowest BCUT2D eigenvalue weighted by atomic mass is 9.98. The van der Waals surface area contributed by atoms with Crippen LogP contribution in [0, 0.1) is 15.9 Å². The number of hydrogen-bond donors (Lipinski definition) is 1. The van der Waals surface area contributed by atoms with E-state index in [-0.39, 0.29) is 17.0 Å². The van der Waals surface area contributed by atoms with Gasteiger partial charge in [-0.15, -0.1) is 4.40 Å². The molecular formula is C26H22F4N4O4S. The highest BCUT2D eigenvalue weighted by molar-refractivity contribution is 7.90. The second-order valence-electron chi connectivity index (χ2n) is 8.74. The number of nitro benzene ring substituents is 1. The molecule has 0 aromatic heterocycles. The van der Waals surface area contributed by atoms with Crippen molar-refractivity contribution in [3.8, 4) is 0 Å². The number of piperidine rings is 1. The van der Waals surface area contributed by atoms with Crippen LogP contribution in [0.1, 0.15) is 29.5 Å². The zero-order chi connectivity index (χ0) is 28.4. The average Bonchev–Trinajstić information content (AvgIpc) is 2.88. The molecule has 1 fully saturated rings. The largest absolute Gasteiger partial charge is 0.416 e. The zero-order valence-electron chi connectivity index (χ0n) is 20.2. The highest BCUT2D eigenvalue weighted by Crippen LogP contribution is 2.34. The number of amidine groups is 1. The molecule has 1 aliphatic heterocycles. The van der Waals surface area contributed by atoms with E-state index in [1.54, 1.807) is 36.4 Å². The average molecular weight is 563 g/mol. The van der Waals surface area contributed by atoms with Gasteiger partial charge in [0.1, 0.15) is 5.84 Å². The normalized spacial score (nSPS) is 14.8. The van der Waals surface area contributed by atoms with Crippen LogP contribution in [0.5, 0.6) is 0 Å². The summed E-state index contributed by atoms with van der Waals surface area (Å²) < 4.78 is 82.1. The molecule has 1 aliphatic rings. The molecule has 0 bridgehead atoms. The summed E-state index contributed by atoms with van der Waals surface area (Å²) >= 11 is 0. The van der Waals surface area contributed by atoms with Gasteiger partial charge in [-0.25, -0.2) is 0 Å². The van der Waals surface area contributed by atoms with Gasteiger partial charge < -0.3 is 10.6 Å². The first-order chi connectivity index (χ1) is 18.3. The summed E-state index contributed by atoms with van der Waals surface area (Å²) in [6, 6.07) is 14.1. The molecule has 1 saturated heterocycles. The van der Waals surface area contributed by atoms with Crippen molar-refractivity contribution >= 4 is 33.3 Å². The Labute approximate surface area is 221 Å². The van der Waals surface area contributed by atoms with Crippen molar-refractivity contribution in [1.29, 1.82) is 0 Å². The number of alkyl halides is 3. The fraction of sp³-hybridized carbons (Fsp3) is 0.192. The maximum absolute atomic E-state index is 13.6. The number of rotatable bonds is 6. The lowest BCUT2D eigenvalue weighted by molar-refractivity contribution is -0.387. The predicted octanol–water partition coefficient (Wildman–Crippen LogP) is 5.53. The number of hydrogen-bond acceptors (Lipinski definition) is 5. The second kappa shape index (κ2) is 10.8. The summed E-state index contributed by atoms with van der Waals surface area (Å²) in [4.78, 5) is 11.3. The smallest absolute Gasteiger partial charge is 0.383 e. The molecule has 0 saturated carbocycles. The summed E-state index contributed by atoms with van der Waals surface area (Å²) in [5, 5.41) is 10.9. The van der Waals surface area contributed by atoms with Crippen molar-refractivity contribution in [3.05, 3.63) is 105 Å². The minimum atomic E-state index is -4.45. The molecule has 204 valence electrons. The Kier molecular flexibility index (Phi) is 7.72. The molecule has 3 aromatic rings. The Hall–Kier alpha value is -4.26. The van der Waals surface area contributed by atoms with Crippen LogP contribution in [0.2, 0.25) is 0 Å². The summed E-state index contributed by atoms with van der Waals surface area (Å²) in [6.45, 7) is 1.14. The molecule has 0 radical (unpaired) electrons. The van der Waals surface area contributed by atoms with Gasteiger partial charge in [0.25, 0.3) is 10.0 Å². The van der Waals surface area contributed by atoms with Gasteiger partial charge in [0.05, 0.1) is 15.4 Å². The summed E-state index contributed by atoms with van der Waals surface area (Å²) in [5.74, 6) is -1.54. The molecule has 0 spiro atoms. The van der Waals surface area contributed by atoms with Crippen LogP contribution < -0.4 is 10.6 Å². The minimum absolute atomic E-state index is 0.137. The minimum Gasteiger partial charge on any atom is -0.383 e. The molecular weight excluding hydrogens is 540 g/mol. The lowest BCUT2D eigenvalue weighted by Crippen LogP contribution is -2.30. The molecule has 4 rings (SSSR count). The Morgan fingerprint density at radius 1 is 1.03 bits per heavy atom. The first-order valence-electron chi connectivity index (χ1n) is 11.6. The number of halogens is 4. The van der Waals surface area contributed by atoms with Crippen LogP contribution >= 0.6 is 0 Å². The van der Waals surface area contributed by atoms with Gasteiger partial charge in [0.15, 0.2) is 0 Å². The van der Waals surface area contributed by atoms with Crippen molar-refractivity contribution in [2.45, 2.75) is 23.9 Å². The highest BCUT2D eigenvalue weighted by atomic mass is 32.2. The van der Waals surface area contributed by atoms with Crippen molar-refractivity contribution in [2.75, 3.05) is 18.0 Å². The first kappa shape index (κ1) is 27.8. The number of benzene rings is 3. The van der Waals surface area contributed by atoms with E-state index in [9.17, 15) is 36.1 Å². The van der Waals surface area contributed by atoms with Crippen LogP contribution in [-0.4, -0.2) is 32.3 Å². The summed E-state index contributed by atoms with van der Waals surface area (Å²) in [7, 11) is -4.45. The predicted molar refractivity (Wildman–Crippen MR) is 138 cm³/mol. The van der Waals surface area contributed by atoms with Gasteiger partial charge >= 0.3 is 11.9 Å². The van der Waals surface area contributed by atoms with Crippen LogP contribution in [-0.2, 0) is 16.2 Å². The van der Waals surface area contributed by atoms with E-state index in [1.807, 2.05) is 4.90 Å². The van der Waals surface area contributed by atoms with Gasteiger partial charge in [-0.1, -0.05) is 29.8 Å². The van der Waals surface area contributed by atoms with E-state index >= 15 is 0 Å². The fourth-order valence-corrected chi connectivity index (χ4v) is 5.14. The molecule has 0 aliphatic carbocycles. The van der Waals surface area contributed by atoms with Crippen molar-refractivity contribution < 1.29 is 30.9 Å². The molecule has 0 amide bonds. The third-order valence-corrected chi connectivity index (χ3v) is 7.48. The van der Waals surface area contributed by atoms with Gasteiger partial charge in [-0.2, -0.15) is 26.0 Å². The third-order valence-electron chi connectivity index (χ3n) is 6.19. The number of nitrogens with zero attached hydrogens (tertiary/aromatic N) is 3. The monoisotopic (exact) mass is 562 g/mol. The van der Waals surface area contributed by atoms with Crippen molar-refractivity contribution in [1.82, 2.24) is 0 Å².